The van der Waals surface area contributed by atoms with Crippen LogP contribution in [0, 0.1) is 13.8 Å². The van der Waals surface area contributed by atoms with Gasteiger partial charge in [0, 0.05) is 13.1 Å². The van der Waals surface area contributed by atoms with Gasteiger partial charge in [-0.15, -0.1) is 0 Å². The summed E-state index contributed by atoms with van der Waals surface area (Å²) >= 11 is 0. The van der Waals surface area contributed by atoms with Crippen molar-refractivity contribution in [2.45, 2.75) is 26.8 Å². The Morgan fingerprint density at radius 3 is 2.33 bits per heavy atom. The number of benzene rings is 1. The number of aliphatic hydroxyl groups excluding tert-OH is 2. The van der Waals surface area contributed by atoms with Gasteiger partial charge in [-0.3, -0.25) is 9.69 Å². The molecule has 0 fully saturated rings. The normalized spacial score (nSPS) is 12.5. The third kappa shape index (κ3) is 5.83. The molecule has 5 nitrogen and oxygen atoms in total. The van der Waals surface area contributed by atoms with Gasteiger partial charge in [0.05, 0.1) is 25.8 Å². The van der Waals surface area contributed by atoms with Crippen molar-refractivity contribution in [2.75, 3.05) is 32.8 Å². The maximum Gasteiger partial charge on any atom is 0.234 e. The van der Waals surface area contributed by atoms with Crippen LogP contribution in [0.5, 0.6) is 0 Å². The van der Waals surface area contributed by atoms with Gasteiger partial charge in [0.1, 0.15) is 0 Å². The fourth-order valence-corrected chi connectivity index (χ4v) is 2.16. The Hall–Kier alpha value is -1.43. The molecular formula is C16H26N2O3. The SMILES string of the molecule is Cc1ccc(C(C)NC(=O)CN(CCO)CCO)cc1C. The molecule has 0 radical (unpaired) electrons. The van der Waals surface area contributed by atoms with Crippen molar-refractivity contribution in [1.29, 1.82) is 0 Å². The monoisotopic (exact) mass is 294 g/mol. The molecule has 1 amide bonds. The fourth-order valence-electron chi connectivity index (χ4n) is 2.16. The molecule has 0 bridgehead atoms. The van der Waals surface area contributed by atoms with Crippen LogP contribution in [0.3, 0.4) is 0 Å². The summed E-state index contributed by atoms with van der Waals surface area (Å²) in [5.74, 6) is -0.109. The summed E-state index contributed by atoms with van der Waals surface area (Å²) in [5, 5.41) is 20.8. The third-order valence-electron chi connectivity index (χ3n) is 3.61. The summed E-state index contributed by atoms with van der Waals surface area (Å²) < 4.78 is 0. The molecule has 0 aliphatic carbocycles. The molecule has 0 aliphatic heterocycles. The standard InChI is InChI=1S/C16H26N2O3/c1-12-4-5-15(10-13(12)2)14(3)17-16(21)11-18(6-8-19)7-9-20/h4-5,10,14,19-20H,6-9,11H2,1-3H3,(H,17,21). The summed E-state index contributed by atoms with van der Waals surface area (Å²) in [6, 6.07) is 6.09. The van der Waals surface area contributed by atoms with Crippen LogP contribution in [0.4, 0.5) is 0 Å². The highest BCUT2D eigenvalue weighted by Gasteiger charge is 2.13. The zero-order chi connectivity index (χ0) is 15.8. The lowest BCUT2D eigenvalue weighted by atomic mass is 10.0. The maximum atomic E-state index is 12.0. The molecule has 1 aromatic carbocycles. The summed E-state index contributed by atoms with van der Waals surface area (Å²) in [6.07, 6.45) is 0. The van der Waals surface area contributed by atoms with Crippen LogP contribution in [-0.2, 0) is 4.79 Å². The number of aliphatic hydroxyl groups is 2. The second-order valence-corrected chi connectivity index (χ2v) is 5.36. The molecule has 5 heteroatoms. The van der Waals surface area contributed by atoms with Crippen molar-refractivity contribution in [3.8, 4) is 0 Å². The lowest BCUT2D eigenvalue weighted by Crippen LogP contribution is -2.40. The van der Waals surface area contributed by atoms with Gasteiger partial charge in [0.15, 0.2) is 0 Å². The highest BCUT2D eigenvalue weighted by Crippen LogP contribution is 2.16. The minimum absolute atomic E-state index is 0.0278. The van der Waals surface area contributed by atoms with Crippen molar-refractivity contribution >= 4 is 5.91 Å². The number of rotatable bonds is 8. The molecule has 0 heterocycles. The van der Waals surface area contributed by atoms with Crippen molar-refractivity contribution in [3.63, 3.8) is 0 Å². The summed E-state index contributed by atoms with van der Waals surface area (Å²) in [5.41, 5.74) is 3.51. The Bertz CT molecular complexity index is 457. The van der Waals surface area contributed by atoms with Gasteiger partial charge in [0.2, 0.25) is 5.91 Å². The average molecular weight is 294 g/mol. The number of hydrogen-bond donors (Lipinski definition) is 3. The minimum atomic E-state index is -0.109. The lowest BCUT2D eigenvalue weighted by molar-refractivity contribution is -0.123. The fraction of sp³-hybridized carbons (Fsp3) is 0.562. The van der Waals surface area contributed by atoms with Gasteiger partial charge in [-0.2, -0.15) is 0 Å². The number of nitrogens with zero attached hydrogens (tertiary/aromatic N) is 1. The highest BCUT2D eigenvalue weighted by atomic mass is 16.3. The molecule has 1 rings (SSSR count). The van der Waals surface area contributed by atoms with E-state index in [-0.39, 0.29) is 31.7 Å². The second kappa shape index (κ2) is 8.77. The number of amides is 1. The van der Waals surface area contributed by atoms with E-state index in [0.29, 0.717) is 13.1 Å². The first-order valence-corrected chi connectivity index (χ1v) is 7.28. The van der Waals surface area contributed by atoms with E-state index in [1.54, 1.807) is 4.90 Å². The molecule has 1 aromatic rings. The molecule has 0 aromatic heterocycles. The zero-order valence-corrected chi connectivity index (χ0v) is 13.1. The molecule has 0 spiro atoms. The number of carbonyl (C=O) groups is 1. The van der Waals surface area contributed by atoms with Gasteiger partial charge in [0.25, 0.3) is 0 Å². The predicted molar refractivity (Wildman–Crippen MR) is 83.1 cm³/mol. The van der Waals surface area contributed by atoms with E-state index in [4.69, 9.17) is 10.2 Å². The van der Waals surface area contributed by atoms with Crippen molar-refractivity contribution in [1.82, 2.24) is 10.2 Å². The van der Waals surface area contributed by atoms with Crippen LogP contribution < -0.4 is 5.32 Å². The number of hydrogen-bond acceptors (Lipinski definition) is 4. The highest BCUT2D eigenvalue weighted by molar-refractivity contribution is 5.78. The Balaban J connectivity index is 2.58. The largest absolute Gasteiger partial charge is 0.395 e. The van der Waals surface area contributed by atoms with Crippen LogP contribution >= 0.6 is 0 Å². The second-order valence-electron chi connectivity index (χ2n) is 5.36. The summed E-state index contributed by atoms with van der Waals surface area (Å²) in [4.78, 5) is 13.7. The quantitative estimate of drug-likeness (QED) is 0.662. The van der Waals surface area contributed by atoms with E-state index in [1.807, 2.05) is 13.0 Å². The predicted octanol–water partition coefficient (Wildman–Crippen LogP) is 0.767. The number of carbonyl (C=O) groups excluding carboxylic acids is 1. The number of aryl methyl sites for hydroxylation is 2. The zero-order valence-electron chi connectivity index (χ0n) is 13.1. The summed E-state index contributed by atoms with van der Waals surface area (Å²) in [6.45, 7) is 6.94. The molecule has 0 saturated carbocycles. The van der Waals surface area contributed by atoms with Gasteiger partial charge in [-0.05, 0) is 37.5 Å². The molecule has 1 atom stereocenters. The minimum Gasteiger partial charge on any atom is -0.395 e. The Morgan fingerprint density at radius 1 is 1.19 bits per heavy atom. The van der Waals surface area contributed by atoms with Crippen LogP contribution in [0.1, 0.15) is 29.7 Å². The van der Waals surface area contributed by atoms with E-state index in [1.165, 1.54) is 11.1 Å². The van der Waals surface area contributed by atoms with Crippen LogP contribution in [0.25, 0.3) is 0 Å². The molecule has 118 valence electrons. The molecule has 3 N–H and O–H groups in total. The van der Waals surface area contributed by atoms with E-state index in [0.717, 1.165) is 5.56 Å². The first kappa shape index (κ1) is 17.6. The van der Waals surface area contributed by atoms with Crippen molar-refractivity contribution in [2.24, 2.45) is 0 Å². The summed E-state index contributed by atoms with van der Waals surface area (Å²) in [7, 11) is 0. The smallest absolute Gasteiger partial charge is 0.234 e. The van der Waals surface area contributed by atoms with Crippen molar-refractivity contribution in [3.05, 3.63) is 34.9 Å². The molecule has 21 heavy (non-hydrogen) atoms. The van der Waals surface area contributed by atoms with Gasteiger partial charge < -0.3 is 15.5 Å². The van der Waals surface area contributed by atoms with Gasteiger partial charge in [-0.1, -0.05) is 18.2 Å². The topological polar surface area (TPSA) is 72.8 Å². The maximum absolute atomic E-state index is 12.0. The molecule has 1 unspecified atom stereocenters. The van der Waals surface area contributed by atoms with Crippen LogP contribution in [0.15, 0.2) is 18.2 Å². The first-order valence-electron chi connectivity index (χ1n) is 7.28. The molecule has 0 aliphatic rings. The van der Waals surface area contributed by atoms with Gasteiger partial charge in [-0.25, -0.2) is 0 Å². The van der Waals surface area contributed by atoms with E-state index in [9.17, 15) is 4.79 Å². The molecule has 0 saturated heterocycles. The van der Waals surface area contributed by atoms with Crippen LogP contribution in [-0.4, -0.2) is 53.9 Å². The Labute approximate surface area is 126 Å². The average Bonchev–Trinajstić information content (AvgIpc) is 2.42. The lowest BCUT2D eigenvalue weighted by Gasteiger charge is -2.21. The van der Waals surface area contributed by atoms with E-state index >= 15 is 0 Å². The van der Waals surface area contributed by atoms with E-state index < -0.39 is 0 Å². The van der Waals surface area contributed by atoms with E-state index in [2.05, 4.69) is 31.3 Å². The Morgan fingerprint density at radius 2 is 1.81 bits per heavy atom. The third-order valence-corrected chi connectivity index (χ3v) is 3.61. The Kier molecular flexibility index (Phi) is 7.36. The first-order chi connectivity index (χ1) is 9.97. The van der Waals surface area contributed by atoms with Gasteiger partial charge >= 0.3 is 0 Å². The number of nitrogens with one attached hydrogen (secondary N) is 1. The van der Waals surface area contributed by atoms with Crippen LogP contribution in [0.2, 0.25) is 0 Å². The van der Waals surface area contributed by atoms with Crippen molar-refractivity contribution < 1.29 is 15.0 Å². The molecular weight excluding hydrogens is 268 g/mol.